The molecule has 106 valence electrons. The highest BCUT2D eigenvalue weighted by molar-refractivity contribution is 9.10. The van der Waals surface area contributed by atoms with Gasteiger partial charge in [0.1, 0.15) is 0 Å². The van der Waals surface area contributed by atoms with Crippen molar-refractivity contribution < 1.29 is 8.42 Å². The normalized spacial score (nSPS) is 11.3. The molecule has 0 heterocycles. The second-order valence-corrected chi connectivity index (χ2v) is 7.28. The predicted octanol–water partition coefficient (Wildman–Crippen LogP) is 3.79. The number of aryl methyl sites for hydroxylation is 1. The fourth-order valence-corrected chi connectivity index (χ4v) is 3.79. The summed E-state index contributed by atoms with van der Waals surface area (Å²) in [5.74, 6) is 0. The molecule has 0 saturated carbocycles. The maximum Gasteiger partial charge on any atom is 0.262 e. The van der Waals surface area contributed by atoms with E-state index in [-0.39, 0.29) is 4.90 Å². The molecule has 7 heteroatoms. The SMILES string of the molecule is Cc1cc(Br)cc(N)c1NS(=O)(=O)c1cccc(Cl)c1. The second-order valence-electron chi connectivity index (χ2n) is 4.25. The highest BCUT2D eigenvalue weighted by Gasteiger charge is 2.17. The Morgan fingerprint density at radius 3 is 2.55 bits per heavy atom. The number of nitrogens with one attached hydrogen (secondary N) is 1. The van der Waals surface area contributed by atoms with E-state index in [1.807, 2.05) is 0 Å². The Balaban J connectivity index is 2.44. The van der Waals surface area contributed by atoms with Crippen LogP contribution in [0.3, 0.4) is 0 Å². The van der Waals surface area contributed by atoms with E-state index in [1.54, 1.807) is 31.2 Å². The summed E-state index contributed by atoms with van der Waals surface area (Å²) >= 11 is 9.12. The first-order valence-corrected chi connectivity index (χ1v) is 8.29. The van der Waals surface area contributed by atoms with E-state index in [0.29, 0.717) is 16.4 Å². The van der Waals surface area contributed by atoms with E-state index in [0.717, 1.165) is 10.0 Å². The number of hydrogen-bond acceptors (Lipinski definition) is 3. The van der Waals surface area contributed by atoms with Gasteiger partial charge < -0.3 is 5.73 Å². The molecule has 20 heavy (non-hydrogen) atoms. The van der Waals surface area contributed by atoms with Crippen LogP contribution in [0.2, 0.25) is 5.02 Å². The Kier molecular flexibility index (Phi) is 4.27. The highest BCUT2D eigenvalue weighted by Crippen LogP contribution is 2.30. The van der Waals surface area contributed by atoms with Crippen LogP contribution in [0, 0.1) is 6.92 Å². The first-order valence-electron chi connectivity index (χ1n) is 5.63. The summed E-state index contributed by atoms with van der Waals surface area (Å²) in [7, 11) is -3.72. The minimum absolute atomic E-state index is 0.0896. The molecule has 2 aromatic carbocycles. The Morgan fingerprint density at radius 1 is 1.25 bits per heavy atom. The predicted molar refractivity (Wildman–Crippen MR) is 85.6 cm³/mol. The van der Waals surface area contributed by atoms with Gasteiger partial charge in [-0.15, -0.1) is 0 Å². The van der Waals surface area contributed by atoms with Gasteiger partial charge in [0.05, 0.1) is 16.3 Å². The molecule has 0 aliphatic carbocycles. The molecule has 0 amide bonds. The number of hydrogen-bond donors (Lipinski definition) is 2. The molecule has 0 radical (unpaired) electrons. The fourth-order valence-electron chi connectivity index (χ4n) is 1.74. The van der Waals surface area contributed by atoms with Crippen LogP contribution in [-0.4, -0.2) is 8.42 Å². The molecule has 0 atom stereocenters. The molecule has 0 spiro atoms. The van der Waals surface area contributed by atoms with Crippen molar-refractivity contribution in [1.82, 2.24) is 0 Å². The molecule has 2 aromatic rings. The summed E-state index contributed by atoms with van der Waals surface area (Å²) < 4.78 is 27.9. The van der Waals surface area contributed by atoms with Gasteiger partial charge in [-0.25, -0.2) is 8.42 Å². The van der Waals surface area contributed by atoms with Crippen molar-refractivity contribution in [2.75, 3.05) is 10.5 Å². The summed E-state index contributed by atoms with van der Waals surface area (Å²) in [6, 6.07) is 9.47. The molecular formula is C13H12BrClN2O2S. The lowest BCUT2D eigenvalue weighted by Gasteiger charge is -2.13. The smallest absolute Gasteiger partial charge is 0.262 e. The number of nitrogens with two attached hydrogens (primary N) is 1. The van der Waals surface area contributed by atoms with E-state index in [9.17, 15) is 8.42 Å². The summed E-state index contributed by atoms with van der Waals surface area (Å²) in [6.07, 6.45) is 0. The van der Waals surface area contributed by atoms with E-state index in [4.69, 9.17) is 17.3 Å². The van der Waals surface area contributed by atoms with Crippen LogP contribution < -0.4 is 10.5 Å². The van der Waals surface area contributed by atoms with Crippen molar-refractivity contribution in [2.45, 2.75) is 11.8 Å². The topological polar surface area (TPSA) is 72.2 Å². The van der Waals surface area contributed by atoms with Gasteiger partial charge in [0.25, 0.3) is 10.0 Å². The first kappa shape index (κ1) is 15.2. The molecule has 3 N–H and O–H groups in total. The summed E-state index contributed by atoms with van der Waals surface area (Å²) in [6.45, 7) is 1.77. The third-order valence-corrected chi connectivity index (χ3v) is 4.71. The minimum atomic E-state index is -3.72. The maximum atomic E-state index is 12.3. The molecule has 0 aromatic heterocycles. The van der Waals surface area contributed by atoms with Crippen LogP contribution in [-0.2, 0) is 10.0 Å². The zero-order valence-electron chi connectivity index (χ0n) is 10.5. The van der Waals surface area contributed by atoms with Crippen molar-refractivity contribution in [3.05, 3.63) is 51.5 Å². The standard InChI is InChI=1S/C13H12BrClN2O2S/c1-8-5-9(14)6-12(16)13(8)17-20(18,19)11-4-2-3-10(15)7-11/h2-7,17H,16H2,1H3. The van der Waals surface area contributed by atoms with Gasteiger partial charge in [-0.2, -0.15) is 0 Å². The number of anilines is 2. The molecule has 2 rings (SSSR count). The van der Waals surface area contributed by atoms with Crippen molar-refractivity contribution >= 4 is 48.9 Å². The number of sulfonamides is 1. The zero-order chi connectivity index (χ0) is 14.9. The van der Waals surface area contributed by atoms with Crippen LogP contribution >= 0.6 is 27.5 Å². The van der Waals surface area contributed by atoms with Crippen LogP contribution in [0.1, 0.15) is 5.56 Å². The highest BCUT2D eigenvalue weighted by atomic mass is 79.9. The zero-order valence-corrected chi connectivity index (χ0v) is 13.7. The van der Waals surface area contributed by atoms with Crippen LogP contribution in [0.15, 0.2) is 45.8 Å². The quantitative estimate of drug-likeness (QED) is 0.802. The van der Waals surface area contributed by atoms with Crippen molar-refractivity contribution in [3.8, 4) is 0 Å². The van der Waals surface area contributed by atoms with E-state index in [2.05, 4.69) is 20.7 Å². The minimum Gasteiger partial charge on any atom is -0.397 e. The van der Waals surface area contributed by atoms with Crippen molar-refractivity contribution in [3.63, 3.8) is 0 Å². The molecule has 4 nitrogen and oxygen atoms in total. The lowest BCUT2D eigenvalue weighted by molar-refractivity contribution is 0.601. The molecule has 0 aliphatic rings. The lowest BCUT2D eigenvalue weighted by atomic mass is 10.2. The van der Waals surface area contributed by atoms with Crippen LogP contribution in [0.5, 0.6) is 0 Å². The number of nitrogen functional groups attached to an aromatic ring is 1. The first-order chi connectivity index (χ1) is 9.29. The Hall–Kier alpha value is -1.24. The Bertz CT molecular complexity index is 740. The van der Waals surface area contributed by atoms with Gasteiger partial charge >= 0.3 is 0 Å². The number of rotatable bonds is 3. The summed E-state index contributed by atoms with van der Waals surface area (Å²) in [5, 5.41) is 0.355. The van der Waals surface area contributed by atoms with Gasteiger partial charge in [-0.05, 0) is 42.8 Å². The molecule has 0 aliphatic heterocycles. The van der Waals surface area contributed by atoms with Gasteiger partial charge in [0.2, 0.25) is 0 Å². The Morgan fingerprint density at radius 2 is 1.95 bits per heavy atom. The maximum absolute atomic E-state index is 12.3. The second kappa shape index (κ2) is 5.63. The average molecular weight is 376 g/mol. The van der Waals surface area contributed by atoms with Crippen molar-refractivity contribution in [2.24, 2.45) is 0 Å². The lowest BCUT2D eigenvalue weighted by Crippen LogP contribution is -2.15. The Labute approximate surface area is 131 Å². The molecule has 0 unspecified atom stereocenters. The van der Waals surface area contributed by atoms with Gasteiger partial charge in [0, 0.05) is 9.50 Å². The third-order valence-electron chi connectivity index (χ3n) is 2.67. The van der Waals surface area contributed by atoms with E-state index >= 15 is 0 Å². The molecule has 0 saturated heterocycles. The third kappa shape index (κ3) is 3.26. The number of halogens is 2. The molecule has 0 fully saturated rings. The van der Waals surface area contributed by atoms with Crippen molar-refractivity contribution in [1.29, 1.82) is 0 Å². The number of benzene rings is 2. The summed E-state index contributed by atoms with van der Waals surface area (Å²) in [4.78, 5) is 0.0896. The molecular weight excluding hydrogens is 364 g/mol. The van der Waals surface area contributed by atoms with E-state index in [1.165, 1.54) is 12.1 Å². The van der Waals surface area contributed by atoms with Gasteiger partial charge in [-0.3, -0.25) is 4.72 Å². The van der Waals surface area contributed by atoms with Gasteiger partial charge in [-0.1, -0.05) is 33.6 Å². The molecule has 0 bridgehead atoms. The summed E-state index contributed by atoms with van der Waals surface area (Å²) in [5.41, 5.74) is 7.30. The largest absolute Gasteiger partial charge is 0.397 e. The van der Waals surface area contributed by atoms with Gasteiger partial charge in [0.15, 0.2) is 0 Å². The fraction of sp³-hybridized carbons (Fsp3) is 0.0769. The monoisotopic (exact) mass is 374 g/mol. The van der Waals surface area contributed by atoms with Crippen LogP contribution in [0.25, 0.3) is 0 Å². The van der Waals surface area contributed by atoms with E-state index < -0.39 is 10.0 Å². The average Bonchev–Trinajstić information content (AvgIpc) is 2.34. The van der Waals surface area contributed by atoms with Crippen LogP contribution in [0.4, 0.5) is 11.4 Å².